The third-order valence-corrected chi connectivity index (χ3v) is 5.28. The molecule has 4 rings (SSSR count). The van der Waals surface area contributed by atoms with E-state index in [1.807, 2.05) is 0 Å². The number of carbonyl (C=O) groups excluding carboxylic acids is 1. The first kappa shape index (κ1) is 15.4. The van der Waals surface area contributed by atoms with E-state index in [-0.39, 0.29) is 5.91 Å². The Hall–Kier alpha value is -2.17. The van der Waals surface area contributed by atoms with Crippen LogP contribution < -0.4 is 5.32 Å². The molecule has 2 aromatic rings. The van der Waals surface area contributed by atoms with Gasteiger partial charge in [-0.3, -0.25) is 4.79 Å². The van der Waals surface area contributed by atoms with Gasteiger partial charge >= 0.3 is 0 Å². The van der Waals surface area contributed by atoms with E-state index >= 15 is 0 Å². The zero-order chi connectivity index (χ0) is 16.4. The van der Waals surface area contributed by atoms with Crippen LogP contribution in [0.2, 0.25) is 0 Å². The summed E-state index contributed by atoms with van der Waals surface area (Å²) in [5.41, 5.74) is 2.87. The van der Waals surface area contributed by atoms with Crippen LogP contribution in [0.4, 0.5) is 0 Å². The van der Waals surface area contributed by atoms with Crippen molar-refractivity contribution in [3.05, 3.63) is 47.0 Å². The van der Waals surface area contributed by atoms with Gasteiger partial charge in [-0.15, -0.1) is 10.2 Å². The van der Waals surface area contributed by atoms with Crippen LogP contribution in [0, 0.1) is 5.92 Å². The number of aromatic nitrogens is 3. The van der Waals surface area contributed by atoms with Crippen molar-refractivity contribution >= 4 is 5.91 Å². The zero-order valence-corrected chi connectivity index (χ0v) is 14.0. The number of aryl methyl sites for hydroxylation is 2. The number of hydrogen-bond acceptors (Lipinski definition) is 3. The predicted molar refractivity (Wildman–Crippen MR) is 91.6 cm³/mol. The lowest BCUT2D eigenvalue weighted by atomic mass is 9.82. The van der Waals surface area contributed by atoms with Crippen LogP contribution in [0.1, 0.15) is 42.0 Å². The Kier molecular flexibility index (Phi) is 4.32. The normalized spacial score (nSPS) is 18.9. The average molecular weight is 324 g/mol. The van der Waals surface area contributed by atoms with Crippen LogP contribution in [0.15, 0.2) is 24.3 Å². The molecule has 0 saturated heterocycles. The van der Waals surface area contributed by atoms with Gasteiger partial charge in [0.05, 0.1) is 0 Å². The molecule has 1 aliphatic carbocycles. The largest absolute Gasteiger partial charge is 0.356 e. The highest BCUT2D eigenvalue weighted by Crippen LogP contribution is 2.27. The van der Waals surface area contributed by atoms with Crippen LogP contribution in [0.5, 0.6) is 0 Å². The Labute approximate surface area is 142 Å². The molecule has 1 aromatic heterocycles. The molecule has 0 radical (unpaired) electrons. The molecule has 1 aliphatic heterocycles. The Bertz CT molecular complexity index is 737. The number of benzene rings is 1. The summed E-state index contributed by atoms with van der Waals surface area (Å²) in [6, 6.07) is 8.61. The lowest BCUT2D eigenvalue weighted by Gasteiger charge is -2.24. The Morgan fingerprint density at radius 3 is 3.00 bits per heavy atom. The minimum atomic E-state index is 0.167. The predicted octanol–water partition coefficient (Wildman–Crippen LogP) is 2.08. The first-order valence-corrected chi connectivity index (χ1v) is 9.04. The summed E-state index contributed by atoms with van der Waals surface area (Å²) in [6.45, 7) is 1.67. The summed E-state index contributed by atoms with van der Waals surface area (Å²) < 4.78 is 2.20. The molecular weight excluding hydrogens is 300 g/mol. The quantitative estimate of drug-likeness (QED) is 0.916. The van der Waals surface area contributed by atoms with Gasteiger partial charge in [-0.05, 0) is 42.7 Å². The van der Waals surface area contributed by atoms with Crippen LogP contribution in [-0.2, 0) is 37.0 Å². The summed E-state index contributed by atoms with van der Waals surface area (Å²) in [4.78, 5) is 12.2. The molecule has 0 unspecified atom stereocenters. The molecule has 1 amide bonds. The fourth-order valence-corrected chi connectivity index (χ4v) is 3.99. The number of hydrogen-bond donors (Lipinski definition) is 1. The highest BCUT2D eigenvalue weighted by Gasteiger charge is 2.21. The topological polar surface area (TPSA) is 59.8 Å². The molecule has 0 saturated carbocycles. The molecule has 2 heterocycles. The summed E-state index contributed by atoms with van der Waals surface area (Å²) in [7, 11) is 0. The molecule has 0 spiro atoms. The van der Waals surface area contributed by atoms with Gasteiger partial charge in [-0.25, -0.2) is 0 Å². The number of nitrogens with zero attached hydrogens (tertiary/aromatic N) is 3. The molecule has 5 nitrogen and oxygen atoms in total. The van der Waals surface area contributed by atoms with Crippen molar-refractivity contribution in [1.29, 1.82) is 0 Å². The summed E-state index contributed by atoms with van der Waals surface area (Å²) >= 11 is 0. The molecule has 2 aliphatic rings. The van der Waals surface area contributed by atoms with E-state index in [0.29, 0.717) is 18.9 Å². The van der Waals surface area contributed by atoms with Gasteiger partial charge in [0.15, 0.2) is 0 Å². The number of amides is 1. The SMILES string of the molecule is O=C(C[C@H]1CCc2ccccc2C1)NCCc1nnc2n1CCC2. The van der Waals surface area contributed by atoms with Crippen molar-refractivity contribution in [3.63, 3.8) is 0 Å². The molecule has 1 atom stereocenters. The van der Waals surface area contributed by atoms with E-state index in [0.717, 1.165) is 56.7 Å². The Morgan fingerprint density at radius 2 is 2.08 bits per heavy atom. The Balaban J connectivity index is 1.24. The molecular formula is C19H24N4O. The maximum atomic E-state index is 12.2. The van der Waals surface area contributed by atoms with Gasteiger partial charge in [0.25, 0.3) is 0 Å². The van der Waals surface area contributed by atoms with Crippen LogP contribution in [0.3, 0.4) is 0 Å². The summed E-state index contributed by atoms with van der Waals surface area (Å²) in [6.07, 6.45) is 6.83. The molecule has 0 fully saturated rings. The van der Waals surface area contributed by atoms with E-state index in [9.17, 15) is 4.79 Å². The van der Waals surface area contributed by atoms with E-state index in [1.165, 1.54) is 11.1 Å². The van der Waals surface area contributed by atoms with Crippen molar-refractivity contribution < 1.29 is 4.79 Å². The third kappa shape index (κ3) is 3.21. The van der Waals surface area contributed by atoms with Crippen molar-refractivity contribution in [3.8, 4) is 0 Å². The molecule has 5 heteroatoms. The number of rotatable bonds is 5. The second kappa shape index (κ2) is 6.75. The van der Waals surface area contributed by atoms with E-state index in [2.05, 4.69) is 44.3 Å². The lowest BCUT2D eigenvalue weighted by Crippen LogP contribution is -2.29. The monoisotopic (exact) mass is 324 g/mol. The van der Waals surface area contributed by atoms with Crippen LogP contribution >= 0.6 is 0 Å². The molecule has 126 valence electrons. The van der Waals surface area contributed by atoms with E-state index in [4.69, 9.17) is 0 Å². The maximum Gasteiger partial charge on any atom is 0.220 e. The van der Waals surface area contributed by atoms with Crippen molar-refractivity contribution in [2.24, 2.45) is 5.92 Å². The minimum Gasteiger partial charge on any atom is -0.356 e. The second-order valence-corrected chi connectivity index (χ2v) is 6.97. The van der Waals surface area contributed by atoms with Gasteiger partial charge in [0.1, 0.15) is 11.6 Å². The first-order valence-electron chi connectivity index (χ1n) is 9.04. The van der Waals surface area contributed by atoms with Crippen molar-refractivity contribution in [1.82, 2.24) is 20.1 Å². The number of nitrogens with one attached hydrogen (secondary N) is 1. The molecule has 0 bridgehead atoms. The highest BCUT2D eigenvalue weighted by molar-refractivity contribution is 5.76. The summed E-state index contributed by atoms with van der Waals surface area (Å²) in [5.74, 6) is 2.74. The van der Waals surface area contributed by atoms with Crippen molar-refractivity contribution in [2.75, 3.05) is 6.54 Å². The third-order valence-electron chi connectivity index (χ3n) is 5.28. The number of fused-ring (bicyclic) bond motifs is 2. The molecule has 24 heavy (non-hydrogen) atoms. The Morgan fingerprint density at radius 1 is 1.21 bits per heavy atom. The fourth-order valence-electron chi connectivity index (χ4n) is 3.99. The van der Waals surface area contributed by atoms with Gasteiger partial charge in [0.2, 0.25) is 5.91 Å². The molecule has 1 N–H and O–H groups in total. The zero-order valence-electron chi connectivity index (χ0n) is 14.0. The van der Waals surface area contributed by atoms with E-state index < -0.39 is 0 Å². The van der Waals surface area contributed by atoms with Gasteiger partial charge < -0.3 is 9.88 Å². The summed E-state index contributed by atoms with van der Waals surface area (Å²) in [5, 5.41) is 11.5. The maximum absolute atomic E-state index is 12.2. The first-order chi connectivity index (χ1) is 11.8. The van der Waals surface area contributed by atoms with Gasteiger partial charge in [-0.2, -0.15) is 0 Å². The lowest BCUT2D eigenvalue weighted by molar-refractivity contribution is -0.122. The standard InChI is InChI=1S/C19H24N4O/c24-19(13-14-7-8-15-4-1-2-5-16(15)12-14)20-10-9-18-22-21-17-6-3-11-23(17)18/h1-2,4-5,14H,3,6-13H2,(H,20,24)/t14-/m0/s1. The average Bonchev–Trinajstić information content (AvgIpc) is 3.19. The van der Waals surface area contributed by atoms with Gasteiger partial charge in [-0.1, -0.05) is 24.3 Å². The minimum absolute atomic E-state index is 0.167. The second-order valence-electron chi connectivity index (χ2n) is 6.97. The number of carbonyl (C=O) groups is 1. The highest BCUT2D eigenvalue weighted by atomic mass is 16.1. The van der Waals surface area contributed by atoms with Crippen LogP contribution in [-0.4, -0.2) is 27.2 Å². The van der Waals surface area contributed by atoms with Crippen LogP contribution in [0.25, 0.3) is 0 Å². The van der Waals surface area contributed by atoms with Gasteiger partial charge in [0, 0.05) is 32.4 Å². The van der Waals surface area contributed by atoms with Crippen molar-refractivity contribution in [2.45, 2.75) is 51.5 Å². The van der Waals surface area contributed by atoms with E-state index in [1.54, 1.807) is 0 Å². The smallest absolute Gasteiger partial charge is 0.220 e. The molecule has 1 aromatic carbocycles. The fraction of sp³-hybridized carbons (Fsp3) is 0.526.